The van der Waals surface area contributed by atoms with Crippen molar-refractivity contribution in [2.75, 3.05) is 0 Å². The standard InChI is InChI=1S/C8H11F2IN2/c1-8(2,3)13-6(7(9)10)5(11)4-12-13/h4,7H,1-3H3. The number of nitrogens with zero attached hydrogens (tertiary/aromatic N) is 2. The smallest absolute Gasteiger partial charge is 0.257 e. The maximum atomic E-state index is 12.6. The van der Waals surface area contributed by atoms with Gasteiger partial charge in [0, 0.05) is 0 Å². The third kappa shape index (κ3) is 2.18. The fourth-order valence-corrected chi connectivity index (χ4v) is 1.66. The lowest BCUT2D eigenvalue weighted by Gasteiger charge is -2.22. The van der Waals surface area contributed by atoms with E-state index in [0.717, 1.165) is 0 Å². The average molecular weight is 300 g/mol. The first-order valence-corrected chi connectivity index (χ1v) is 4.94. The van der Waals surface area contributed by atoms with E-state index in [1.807, 2.05) is 43.4 Å². The summed E-state index contributed by atoms with van der Waals surface area (Å²) in [6, 6.07) is 0. The summed E-state index contributed by atoms with van der Waals surface area (Å²) in [6.07, 6.45) is -0.999. The van der Waals surface area contributed by atoms with Crippen LogP contribution in [0.3, 0.4) is 0 Å². The minimum atomic E-state index is -2.46. The molecular formula is C8H11F2IN2. The molecule has 1 heterocycles. The number of alkyl halides is 2. The minimum absolute atomic E-state index is 0.00750. The van der Waals surface area contributed by atoms with E-state index in [0.29, 0.717) is 3.57 Å². The van der Waals surface area contributed by atoms with Gasteiger partial charge in [-0.05, 0) is 43.4 Å². The molecule has 5 heteroatoms. The fraction of sp³-hybridized carbons (Fsp3) is 0.625. The van der Waals surface area contributed by atoms with Crippen molar-refractivity contribution in [1.82, 2.24) is 9.78 Å². The molecule has 0 spiro atoms. The third-order valence-electron chi connectivity index (χ3n) is 1.60. The van der Waals surface area contributed by atoms with E-state index < -0.39 is 12.0 Å². The molecule has 0 aliphatic heterocycles. The lowest BCUT2D eigenvalue weighted by Crippen LogP contribution is -2.25. The van der Waals surface area contributed by atoms with Crippen molar-refractivity contribution in [1.29, 1.82) is 0 Å². The number of halogens is 3. The Hall–Kier alpha value is -0.200. The number of hydrogen-bond donors (Lipinski definition) is 0. The first kappa shape index (κ1) is 10.9. The summed E-state index contributed by atoms with van der Waals surface area (Å²) in [5, 5.41) is 3.94. The maximum absolute atomic E-state index is 12.6. The molecule has 1 aromatic heterocycles. The topological polar surface area (TPSA) is 17.8 Å². The molecule has 0 saturated heterocycles. The van der Waals surface area contributed by atoms with Crippen LogP contribution in [-0.4, -0.2) is 9.78 Å². The van der Waals surface area contributed by atoms with Crippen molar-refractivity contribution in [2.45, 2.75) is 32.7 Å². The van der Waals surface area contributed by atoms with Crippen LogP contribution in [0.2, 0.25) is 0 Å². The van der Waals surface area contributed by atoms with Gasteiger partial charge >= 0.3 is 0 Å². The minimum Gasteiger partial charge on any atom is -0.257 e. The zero-order valence-electron chi connectivity index (χ0n) is 7.68. The molecule has 1 rings (SSSR count). The van der Waals surface area contributed by atoms with E-state index in [9.17, 15) is 8.78 Å². The lowest BCUT2D eigenvalue weighted by atomic mass is 10.1. The van der Waals surface area contributed by atoms with E-state index in [-0.39, 0.29) is 5.69 Å². The molecule has 0 saturated carbocycles. The number of hydrogen-bond acceptors (Lipinski definition) is 1. The van der Waals surface area contributed by atoms with Gasteiger partial charge in [0.2, 0.25) is 0 Å². The Labute approximate surface area is 89.5 Å². The first-order chi connectivity index (χ1) is 5.84. The second-order valence-electron chi connectivity index (χ2n) is 3.76. The van der Waals surface area contributed by atoms with Crippen molar-refractivity contribution in [3.8, 4) is 0 Å². The fourth-order valence-electron chi connectivity index (χ4n) is 1.07. The maximum Gasteiger partial charge on any atom is 0.281 e. The van der Waals surface area contributed by atoms with Crippen LogP contribution < -0.4 is 0 Å². The van der Waals surface area contributed by atoms with Gasteiger partial charge in [0.05, 0.1) is 15.3 Å². The second-order valence-corrected chi connectivity index (χ2v) is 4.92. The Morgan fingerprint density at radius 2 is 2.00 bits per heavy atom. The molecule has 0 radical (unpaired) electrons. The van der Waals surface area contributed by atoms with E-state index in [4.69, 9.17) is 0 Å². The van der Waals surface area contributed by atoms with Crippen LogP contribution in [0.5, 0.6) is 0 Å². The summed E-state index contributed by atoms with van der Waals surface area (Å²) < 4.78 is 27.1. The Kier molecular flexibility index (Phi) is 2.94. The third-order valence-corrected chi connectivity index (χ3v) is 2.43. The molecular weight excluding hydrogens is 289 g/mol. The van der Waals surface area contributed by atoms with Crippen LogP contribution in [-0.2, 0) is 5.54 Å². The second kappa shape index (κ2) is 3.51. The normalized spacial score (nSPS) is 12.5. The molecule has 2 nitrogen and oxygen atoms in total. The summed E-state index contributed by atoms with van der Waals surface area (Å²) in [6.45, 7) is 5.55. The summed E-state index contributed by atoms with van der Waals surface area (Å²) in [5.74, 6) is 0. The molecule has 1 aromatic rings. The van der Waals surface area contributed by atoms with E-state index >= 15 is 0 Å². The van der Waals surface area contributed by atoms with Gasteiger partial charge < -0.3 is 0 Å². The van der Waals surface area contributed by atoms with Crippen molar-refractivity contribution >= 4 is 22.6 Å². The van der Waals surface area contributed by atoms with Gasteiger partial charge in [-0.15, -0.1) is 0 Å². The highest BCUT2D eigenvalue weighted by molar-refractivity contribution is 14.1. The molecule has 0 fully saturated rings. The zero-order chi connectivity index (χ0) is 10.2. The van der Waals surface area contributed by atoms with Crippen molar-refractivity contribution in [3.63, 3.8) is 0 Å². The molecule has 0 unspecified atom stereocenters. The van der Waals surface area contributed by atoms with Crippen LogP contribution in [0, 0.1) is 3.57 Å². The molecule has 0 atom stereocenters. The van der Waals surface area contributed by atoms with Crippen LogP contribution in [0.25, 0.3) is 0 Å². The van der Waals surface area contributed by atoms with Gasteiger partial charge in [-0.25, -0.2) is 8.78 Å². The SMILES string of the molecule is CC(C)(C)n1ncc(I)c1C(F)F. The molecule has 0 bridgehead atoms. The van der Waals surface area contributed by atoms with Gasteiger partial charge in [-0.3, -0.25) is 4.68 Å². The molecule has 0 N–H and O–H groups in total. The van der Waals surface area contributed by atoms with E-state index in [1.165, 1.54) is 10.9 Å². The molecule has 74 valence electrons. The largest absolute Gasteiger partial charge is 0.281 e. The van der Waals surface area contributed by atoms with Gasteiger partial charge in [0.1, 0.15) is 5.69 Å². The van der Waals surface area contributed by atoms with Crippen molar-refractivity contribution in [3.05, 3.63) is 15.5 Å². The summed E-state index contributed by atoms with van der Waals surface area (Å²) in [4.78, 5) is 0. The Balaban J connectivity index is 3.23. The van der Waals surface area contributed by atoms with Crippen LogP contribution >= 0.6 is 22.6 Å². The molecule has 0 aliphatic carbocycles. The summed E-state index contributed by atoms with van der Waals surface area (Å²) >= 11 is 1.87. The zero-order valence-corrected chi connectivity index (χ0v) is 9.84. The van der Waals surface area contributed by atoms with Crippen LogP contribution in [0.4, 0.5) is 8.78 Å². The van der Waals surface area contributed by atoms with Gasteiger partial charge in [0.15, 0.2) is 0 Å². The van der Waals surface area contributed by atoms with Gasteiger partial charge in [0.25, 0.3) is 6.43 Å². The van der Waals surface area contributed by atoms with E-state index in [1.54, 1.807) is 0 Å². The van der Waals surface area contributed by atoms with Crippen molar-refractivity contribution < 1.29 is 8.78 Å². The van der Waals surface area contributed by atoms with Crippen molar-refractivity contribution in [2.24, 2.45) is 0 Å². The molecule has 13 heavy (non-hydrogen) atoms. The molecule has 0 aliphatic rings. The predicted octanol–water partition coefficient (Wildman–Crippen LogP) is 3.18. The lowest BCUT2D eigenvalue weighted by molar-refractivity contribution is 0.129. The van der Waals surface area contributed by atoms with Gasteiger partial charge in [-0.1, -0.05) is 0 Å². The first-order valence-electron chi connectivity index (χ1n) is 3.86. The Morgan fingerprint density at radius 3 is 2.31 bits per heavy atom. The average Bonchev–Trinajstić information content (AvgIpc) is 2.28. The van der Waals surface area contributed by atoms with Gasteiger partial charge in [-0.2, -0.15) is 5.10 Å². The predicted molar refractivity (Wildman–Crippen MR) is 54.9 cm³/mol. The summed E-state index contributed by atoms with van der Waals surface area (Å²) in [5.41, 5.74) is -0.386. The Morgan fingerprint density at radius 1 is 1.46 bits per heavy atom. The monoisotopic (exact) mass is 300 g/mol. The number of aromatic nitrogens is 2. The molecule has 0 aromatic carbocycles. The van der Waals surface area contributed by atoms with Crippen LogP contribution in [0.1, 0.15) is 32.9 Å². The highest BCUT2D eigenvalue weighted by Crippen LogP contribution is 2.28. The van der Waals surface area contributed by atoms with Crippen LogP contribution in [0.15, 0.2) is 6.20 Å². The highest BCUT2D eigenvalue weighted by Gasteiger charge is 2.25. The Bertz CT molecular complexity index is 302. The van der Waals surface area contributed by atoms with E-state index in [2.05, 4.69) is 5.10 Å². The summed E-state index contributed by atoms with van der Waals surface area (Å²) in [7, 11) is 0. The highest BCUT2D eigenvalue weighted by atomic mass is 127. The quantitative estimate of drug-likeness (QED) is 0.728. The number of rotatable bonds is 1. The molecule has 0 amide bonds.